The lowest BCUT2D eigenvalue weighted by atomic mass is 10.0. The summed E-state index contributed by atoms with van der Waals surface area (Å²) in [5.41, 5.74) is 8.34. The van der Waals surface area contributed by atoms with E-state index in [1.54, 1.807) is 12.4 Å². The van der Waals surface area contributed by atoms with E-state index in [0.717, 1.165) is 54.7 Å². The first-order chi connectivity index (χ1) is 21.7. The molecule has 6 nitrogen and oxygen atoms in total. The summed E-state index contributed by atoms with van der Waals surface area (Å²) in [4.78, 5) is 4.23. The molecule has 0 N–H and O–H groups in total. The third-order valence-corrected chi connectivity index (χ3v) is 8.31. The Kier molecular flexibility index (Phi) is 5.53. The third-order valence-electron chi connectivity index (χ3n) is 8.31. The van der Waals surface area contributed by atoms with Gasteiger partial charge < -0.3 is 9.13 Å². The number of benzene rings is 5. The first-order valence-corrected chi connectivity index (χ1v) is 14.1. The van der Waals surface area contributed by atoms with Gasteiger partial charge in [-0.2, -0.15) is 15.8 Å². The zero-order valence-electron chi connectivity index (χ0n) is 23.2. The molecule has 0 atom stereocenters. The van der Waals surface area contributed by atoms with Crippen molar-refractivity contribution in [3.63, 3.8) is 0 Å². The van der Waals surface area contributed by atoms with E-state index >= 15 is 0 Å². The van der Waals surface area contributed by atoms with E-state index in [-0.39, 0.29) is 0 Å². The molecular weight excluding hydrogens is 540 g/mol. The minimum atomic E-state index is 0.470. The predicted octanol–water partition coefficient (Wildman–Crippen LogP) is 8.56. The number of para-hydroxylation sites is 2. The van der Waals surface area contributed by atoms with E-state index in [1.165, 1.54) is 0 Å². The van der Waals surface area contributed by atoms with Crippen LogP contribution in [0.3, 0.4) is 0 Å². The molecule has 44 heavy (non-hydrogen) atoms. The van der Waals surface area contributed by atoms with Crippen LogP contribution in [0.2, 0.25) is 0 Å². The highest BCUT2D eigenvalue weighted by Crippen LogP contribution is 2.40. The second kappa shape index (κ2) is 9.71. The van der Waals surface area contributed by atoms with Crippen molar-refractivity contribution >= 4 is 43.6 Å². The number of pyridine rings is 1. The van der Waals surface area contributed by atoms with Crippen molar-refractivity contribution in [2.45, 2.75) is 0 Å². The van der Waals surface area contributed by atoms with Crippen molar-refractivity contribution in [1.82, 2.24) is 14.1 Å². The molecule has 8 rings (SSSR count). The molecule has 0 saturated carbocycles. The maximum atomic E-state index is 11.0. The molecule has 8 aromatic rings. The Morgan fingerprint density at radius 2 is 0.932 bits per heavy atom. The van der Waals surface area contributed by atoms with Crippen LogP contribution in [-0.2, 0) is 0 Å². The molecule has 0 saturated heterocycles. The zero-order valence-corrected chi connectivity index (χ0v) is 23.2. The predicted molar refractivity (Wildman–Crippen MR) is 172 cm³/mol. The van der Waals surface area contributed by atoms with E-state index in [4.69, 9.17) is 0 Å². The van der Waals surface area contributed by atoms with Gasteiger partial charge in [0.25, 0.3) is 0 Å². The van der Waals surface area contributed by atoms with Gasteiger partial charge >= 0.3 is 0 Å². The molecule has 0 fully saturated rings. The SMILES string of the molecule is N#Cc1ccc2c3ccccc3n(-c3cc(-c4ccncc4)cc(-n4c5ccccc5c5ccc(C#N)cc54)c3C#N)c2c1. The highest BCUT2D eigenvalue weighted by Gasteiger charge is 2.22. The number of rotatable bonds is 3. The summed E-state index contributed by atoms with van der Waals surface area (Å²) >= 11 is 0. The van der Waals surface area contributed by atoms with Gasteiger partial charge in [-0.25, -0.2) is 0 Å². The van der Waals surface area contributed by atoms with Gasteiger partial charge in [0.2, 0.25) is 0 Å². The van der Waals surface area contributed by atoms with Crippen LogP contribution >= 0.6 is 0 Å². The van der Waals surface area contributed by atoms with Crippen molar-refractivity contribution in [1.29, 1.82) is 15.8 Å². The number of aromatic nitrogens is 3. The number of hydrogen-bond acceptors (Lipinski definition) is 4. The normalized spacial score (nSPS) is 11.1. The molecule has 3 heterocycles. The van der Waals surface area contributed by atoms with Gasteiger partial charge in [-0.15, -0.1) is 0 Å². The first-order valence-electron chi connectivity index (χ1n) is 14.1. The summed E-state index contributed by atoms with van der Waals surface area (Å²) in [5, 5.41) is 34.6. The molecular formula is C38H20N6. The number of nitrogens with zero attached hydrogens (tertiary/aromatic N) is 6. The highest BCUT2D eigenvalue weighted by atomic mass is 15.0. The largest absolute Gasteiger partial charge is 0.308 e. The maximum absolute atomic E-state index is 11.0. The summed E-state index contributed by atoms with van der Waals surface area (Å²) in [7, 11) is 0. The molecule has 0 aliphatic carbocycles. The van der Waals surface area contributed by atoms with Gasteiger partial charge in [0, 0.05) is 33.9 Å². The van der Waals surface area contributed by atoms with Gasteiger partial charge in [-0.05, 0) is 71.8 Å². The summed E-state index contributed by atoms with van der Waals surface area (Å²) in [6, 6.07) is 42.6. The van der Waals surface area contributed by atoms with Crippen molar-refractivity contribution in [3.8, 4) is 40.7 Å². The van der Waals surface area contributed by atoms with Crippen molar-refractivity contribution < 1.29 is 0 Å². The lowest BCUT2D eigenvalue weighted by Gasteiger charge is -2.18. The second-order valence-corrected chi connectivity index (χ2v) is 10.6. The number of hydrogen-bond donors (Lipinski definition) is 0. The van der Waals surface area contributed by atoms with Crippen molar-refractivity contribution in [2.24, 2.45) is 0 Å². The molecule has 6 heteroatoms. The van der Waals surface area contributed by atoms with Crippen LogP contribution < -0.4 is 0 Å². The fourth-order valence-electron chi connectivity index (χ4n) is 6.39. The Balaban J connectivity index is 1.58. The van der Waals surface area contributed by atoms with E-state index < -0.39 is 0 Å². The Bertz CT molecular complexity index is 2430. The molecule has 202 valence electrons. The van der Waals surface area contributed by atoms with Crippen molar-refractivity contribution in [3.05, 3.63) is 138 Å². The van der Waals surface area contributed by atoms with Gasteiger partial charge in [0.15, 0.2) is 0 Å². The van der Waals surface area contributed by atoms with Crippen LogP contribution in [0, 0.1) is 34.0 Å². The van der Waals surface area contributed by atoms with E-state index in [9.17, 15) is 15.8 Å². The van der Waals surface area contributed by atoms with Crippen LogP contribution in [-0.4, -0.2) is 14.1 Å². The van der Waals surface area contributed by atoms with Gasteiger partial charge in [-0.3, -0.25) is 4.98 Å². The lowest BCUT2D eigenvalue weighted by Crippen LogP contribution is -2.05. The number of fused-ring (bicyclic) bond motifs is 6. The molecule has 0 aliphatic rings. The first kappa shape index (κ1) is 25.1. The highest BCUT2D eigenvalue weighted by molar-refractivity contribution is 6.11. The number of nitriles is 3. The Morgan fingerprint density at radius 1 is 0.455 bits per heavy atom. The summed E-state index contributed by atoms with van der Waals surface area (Å²) < 4.78 is 4.18. The van der Waals surface area contributed by atoms with Crippen LogP contribution in [0.1, 0.15) is 16.7 Å². The van der Waals surface area contributed by atoms with Crippen LogP contribution in [0.5, 0.6) is 0 Å². The fourth-order valence-corrected chi connectivity index (χ4v) is 6.39. The zero-order chi connectivity index (χ0) is 29.8. The second-order valence-electron chi connectivity index (χ2n) is 10.6. The molecule has 0 spiro atoms. The minimum Gasteiger partial charge on any atom is -0.308 e. The molecule has 0 bridgehead atoms. The van der Waals surface area contributed by atoms with Gasteiger partial charge in [0.05, 0.1) is 56.7 Å². The fraction of sp³-hybridized carbons (Fsp3) is 0. The lowest BCUT2D eigenvalue weighted by molar-refractivity contribution is 1.12. The standard InChI is InChI=1S/C38H20N6/c39-21-24-9-11-30-28-5-1-3-7-33(28)43(35(30)17-24)37-19-27(26-13-15-42-16-14-26)20-38(32(37)23-41)44-34-8-4-2-6-29(34)31-12-10-25(22-40)18-36(31)44/h1-20H. The molecule has 0 aliphatic heterocycles. The molecule has 5 aromatic carbocycles. The van der Waals surface area contributed by atoms with Crippen LogP contribution in [0.15, 0.2) is 122 Å². The third kappa shape index (κ3) is 3.61. The molecule has 0 radical (unpaired) electrons. The van der Waals surface area contributed by atoms with Gasteiger partial charge in [-0.1, -0.05) is 48.5 Å². The minimum absolute atomic E-state index is 0.470. The van der Waals surface area contributed by atoms with Crippen LogP contribution in [0.25, 0.3) is 66.1 Å². The van der Waals surface area contributed by atoms with E-state index in [1.807, 2.05) is 97.1 Å². The average molecular weight is 561 g/mol. The topological polar surface area (TPSA) is 94.1 Å². The molecule has 0 unspecified atom stereocenters. The monoisotopic (exact) mass is 560 g/mol. The van der Waals surface area contributed by atoms with E-state index in [0.29, 0.717) is 28.1 Å². The molecule has 3 aromatic heterocycles. The smallest absolute Gasteiger partial charge is 0.104 e. The molecule has 0 amide bonds. The van der Waals surface area contributed by atoms with E-state index in [2.05, 4.69) is 44.5 Å². The van der Waals surface area contributed by atoms with Gasteiger partial charge in [0.1, 0.15) is 11.6 Å². The summed E-state index contributed by atoms with van der Waals surface area (Å²) in [6.07, 6.45) is 3.51. The quantitative estimate of drug-likeness (QED) is 0.216. The summed E-state index contributed by atoms with van der Waals surface area (Å²) in [6.45, 7) is 0. The average Bonchev–Trinajstić information content (AvgIpc) is 3.59. The Labute approximate surface area is 252 Å². The maximum Gasteiger partial charge on any atom is 0.104 e. The van der Waals surface area contributed by atoms with Crippen molar-refractivity contribution in [2.75, 3.05) is 0 Å². The summed E-state index contributed by atoms with van der Waals surface area (Å²) in [5.74, 6) is 0. The van der Waals surface area contributed by atoms with Crippen LogP contribution in [0.4, 0.5) is 0 Å². The Morgan fingerprint density at radius 3 is 1.41 bits per heavy atom. The Hall–Kier alpha value is -6.68.